The molecule has 0 aliphatic heterocycles. The Balaban J connectivity index is 1.53. The predicted octanol–water partition coefficient (Wildman–Crippen LogP) is 4.37. The fourth-order valence-corrected chi connectivity index (χ4v) is 3.62. The van der Waals surface area contributed by atoms with Gasteiger partial charge in [0.05, 0.1) is 6.21 Å². The number of fused-ring (bicyclic) bond motifs is 3. The monoisotopic (exact) mass is 345 g/mol. The number of aromatic nitrogens is 1. The summed E-state index contributed by atoms with van der Waals surface area (Å²) in [5, 5.41) is 5.25. The summed E-state index contributed by atoms with van der Waals surface area (Å²) in [5.41, 5.74) is 9.24. The van der Waals surface area contributed by atoms with Crippen molar-refractivity contribution in [2.75, 3.05) is 0 Å². The highest BCUT2D eigenvalue weighted by Gasteiger charge is 2.20. The van der Waals surface area contributed by atoms with Gasteiger partial charge >= 0.3 is 0 Å². The van der Waals surface area contributed by atoms with E-state index >= 15 is 0 Å². The molecule has 3 aromatic rings. The second-order valence-corrected chi connectivity index (χ2v) is 7.30. The second kappa shape index (κ2) is 6.79. The molecule has 1 heterocycles. The van der Waals surface area contributed by atoms with E-state index in [1.54, 1.807) is 6.21 Å². The van der Waals surface area contributed by atoms with Crippen LogP contribution in [0.3, 0.4) is 0 Å². The molecule has 2 N–H and O–H groups in total. The molecule has 0 bridgehead atoms. The maximum absolute atomic E-state index is 12.5. The van der Waals surface area contributed by atoms with Gasteiger partial charge in [-0.05, 0) is 61.4 Å². The summed E-state index contributed by atoms with van der Waals surface area (Å²) in [7, 11) is 0. The Morgan fingerprint density at radius 1 is 1.23 bits per heavy atom. The van der Waals surface area contributed by atoms with Gasteiger partial charge in [-0.15, -0.1) is 0 Å². The average Bonchev–Trinajstić information content (AvgIpc) is 3.00. The van der Waals surface area contributed by atoms with E-state index in [4.69, 9.17) is 0 Å². The van der Waals surface area contributed by atoms with Crippen LogP contribution in [-0.4, -0.2) is 17.1 Å². The third-order valence-electron chi connectivity index (χ3n) is 5.15. The molecule has 0 spiro atoms. The maximum atomic E-state index is 12.5. The fourth-order valence-electron chi connectivity index (χ4n) is 3.62. The summed E-state index contributed by atoms with van der Waals surface area (Å²) in [5.74, 6) is 0.507. The van der Waals surface area contributed by atoms with Crippen LogP contribution in [-0.2, 0) is 12.8 Å². The molecule has 0 saturated carbocycles. The van der Waals surface area contributed by atoms with Crippen molar-refractivity contribution in [3.63, 3.8) is 0 Å². The van der Waals surface area contributed by atoms with Crippen LogP contribution in [0.15, 0.2) is 47.6 Å². The van der Waals surface area contributed by atoms with Gasteiger partial charge in [0, 0.05) is 22.2 Å². The molecule has 1 unspecified atom stereocenters. The van der Waals surface area contributed by atoms with E-state index in [-0.39, 0.29) is 5.91 Å². The van der Waals surface area contributed by atoms with Crippen LogP contribution in [0, 0.1) is 12.8 Å². The zero-order valence-corrected chi connectivity index (χ0v) is 15.2. The summed E-state index contributed by atoms with van der Waals surface area (Å²) in [6, 6.07) is 13.8. The SMILES string of the molecule is Cc1ccc(/C=N\NC(=O)c2ccc3[nH]c4c(c3c2)CC(C)CC4)cc1. The van der Waals surface area contributed by atoms with Gasteiger partial charge in [0.25, 0.3) is 5.91 Å². The number of hydrogen-bond acceptors (Lipinski definition) is 2. The molecule has 0 saturated heterocycles. The van der Waals surface area contributed by atoms with Crippen molar-refractivity contribution in [2.24, 2.45) is 11.0 Å². The standard InChI is InChI=1S/C22H23N3O/c1-14-3-6-16(7-4-14)13-23-25-22(26)17-8-10-21-19(12-17)18-11-15(2)5-9-20(18)24-21/h3-4,6-8,10,12-13,15,24H,5,9,11H2,1-2H3,(H,25,26)/b23-13-. The molecule has 132 valence electrons. The van der Waals surface area contributed by atoms with E-state index in [9.17, 15) is 4.79 Å². The van der Waals surface area contributed by atoms with Gasteiger partial charge in [-0.2, -0.15) is 5.10 Å². The van der Waals surface area contributed by atoms with Crippen LogP contribution < -0.4 is 5.43 Å². The van der Waals surface area contributed by atoms with Crippen LogP contribution >= 0.6 is 0 Å². The number of nitrogens with zero attached hydrogens (tertiary/aromatic N) is 1. The minimum absolute atomic E-state index is 0.186. The molecule has 2 aromatic carbocycles. The number of hydrogen-bond donors (Lipinski definition) is 2. The highest BCUT2D eigenvalue weighted by molar-refractivity contribution is 5.99. The Labute approximate surface area is 153 Å². The van der Waals surface area contributed by atoms with E-state index in [0.29, 0.717) is 11.5 Å². The second-order valence-electron chi connectivity index (χ2n) is 7.30. The summed E-state index contributed by atoms with van der Waals surface area (Å²) in [4.78, 5) is 16.0. The lowest BCUT2D eigenvalue weighted by Crippen LogP contribution is -2.17. The molecule has 0 radical (unpaired) electrons. The van der Waals surface area contributed by atoms with E-state index in [0.717, 1.165) is 23.9 Å². The third-order valence-corrected chi connectivity index (χ3v) is 5.15. The van der Waals surface area contributed by atoms with Gasteiger partial charge in [-0.25, -0.2) is 5.43 Å². The largest absolute Gasteiger partial charge is 0.358 e. The number of amides is 1. The molecule has 4 nitrogen and oxygen atoms in total. The van der Waals surface area contributed by atoms with E-state index in [2.05, 4.69) is 22.4 Å². The van der Waals surface area contributed by atoms with Gasteiger partial charge in [-0.1, -0.05) is 36.8 Å². The van der Waals surface area contributed by atoms with Crippen LogP contribution in [0.2, 0.25) is 0 Å². The first-order chi connectivity index (χ1) is 12.6. The number of rotatable bonds is 3. The summed E-state index contributed by atoms with van der Waals surface area (Å²) in [6.45, 7) is 4.33. The molecule has 0 fully saturated rings. The Hall–Kier alpha value is -2.88. The average molecular weight is 345 g/mol. The van der Waals surface area contributed by atoms with Crippen LogP contribution in [0.5, 0.6) is 0 Å². The first kappa shape index (κ1) is 16.6. The third kappa shape index (κ3) is 3.27. The molecule has 4 rings (SSSR count). The van der Waals surface area contributed by atoms with Crippen molar-refractivity contribution in [3.8, 4) is 0 Å². The number of carbonyl (C=O) groups is 1. The molecule has 1 aromatic heterocycles. The van der Waals surface area contributed by atoms with Crippen LogP contribution in [0.1, 0.15) is 46.1 Å². The van der Waals surface area contributed by atoms with E-state index in [1.807, 2.05) is 49.4 Å². The number of aryl methyl sites for hydroxylation is 2. The molecular weight excluding hydrogens is 322 g/mol. The summed E-state index contributed by atoms with van der Waals surface area (Å²) >= 11 is 0. The van der Waals surface area contributed by atoms with E-state index < -0.39 is 0 Å². The Morgan fingerprint density at radius 3 is 2.85 bits per heavy atom. The normalized spacial score (nSPS) is 16.8. The Bertz CT molecular complexity index is 983. The minimum Gasteiger partial charge on any atom is -0.358 e. The van der Waals surface area contributed by atoms with E-state index in [1.165, 1.54) is 28.6 Å². The zero-order valence-electron chi connectivity index (χ0n) is 15.2. The molecule has 1 amide bonds. The predicted molar refractivity (Wildman–Crippen MR) is 106 cm³/mol. The molecule has 1 atom stereocenters. The number of benzene rings is 2. The first-order valence-electron chi connectivity index (χ1n) is 9.13. The van der Waals surface area contributed by atoms with Crippen molar-refractivity contribution in [1.29, 1.82) is 0 Å². The fraction of sp³-hybridized carbons (Fsp3) is 0.273. The van der Waals surface area contributed by atoms with Crippen LogP contribution in [0.4, 0.5) is 0 Å². The highest BCUT2D eigenvalue weighted by atomic mass is 16.2. The van der Waals surface area contributed by atoms with Gasteiger partial charge in [-0.3, -0.25) is 4.79 Å². The van der Waals surface area contributed by atoms with Crippen molar-refractivity contribution in [1.82, 2.24) is 10.4 Å². The highest BCUT2D eigenvalue weighted by Crippen LogP contribution is 2.32. The van der Waals surface area contributed by atoms with Crippen LogP contribution in [0.25, 0.3) is 10.9 Å². The Kier molecular flexibility index (Phi) is 4.33. The number of nitrogens with one attached hydrogen (secondary N) is 2. The molecule has 1 aliphatic carbocycles. The van der Waals surface area contributed by atoms with Crippen molar-refractivity contribution < 1.29 is 4.79 Å². The lowest BCUT2D eigenvalue weighted by Gasteiger charge is -2.18. The maximum Gasteiger partial charge on any atom is 0.271 e. The van der Waals surface area contributed by atoms with Crippen molar-refractivity contribution >= 4 is 23.0 Å². The van der Waals surface area contributed by atoms with Gasteiger partial charge in [0.15, 0.2) is 0 Å². The smallest absolute Gasteiger partial charge is 0.271 e. The summed E-state index contributed by atoms with van der Waals surface area (Å²) in [6.07, 6.45) is 5.05. The lowest BCUT2D eigenvalue weighted by molar-refractivity contribution is 0.0955. The molecule has 1 aliphatic rings. The Morgan fingerprint density at radius 2 is 2.04 bits per heavy atom. The minimum atomic E-state index is -0.186. The van der Waals surface area contributed by atoms with Crippen molar-refractivity contribution in [3.05, 3.63) is 70.4 Å². The quantitative estimate of drug-likeness (QED) is 0.538. The van der Waals surface area contributed by atoms with Gasteiger partial charge in [0.1, 0.15) is 0 Å². The molecular formula is C22H23N3O. The van der Waals surface area contributed by atoms with Gasteiger partial charge < -0.3 is 4.98 Å². The molecule has 4 heteroatoms. The number of hydrazone groups is 1. The number of carbonyl (C=O) groups excluding carboxylic acids is 1. The topological polar surface area (TPSA) is 57.2 Å². The summed E-state index contributed by atoms with van der Waals surface area (Å²) < 4.78 is 0. The van der Waals surface area contributed by atoms with Gasteiger partial charge in [0.2, 0.25) is 0 Å². The molecule has 26 heavy (non-hydrogen) atoms. The lowest BCUT2D eigenvalue weighted by atomic mass is 9.87. The first-order valence-corrected chi connectivity index (χ1v) is 9.13. The number of H-pyrrole nitrogens is 1. The van der Waals surface area contributed by atoms with Crippen molar-refractivity contribution in [2.45, 2.75) is 33.1 Å². The zero-order chi connectivity index (χ0) is 18.1. The number of aromatic amines is 1.